The highest BCUT2D eigenvalue weighted by atomic mass is 19.2. The molecule has 2 heterocycles. The third kappa shape index (κ3) is 2.13. The van der Waals surface area contributed by atoms with Gasteiger partial charge in [-0.25, -0.2) is 0 Å². The Morgan fingerprint density at radius 1 is 0.947 bits per heavy atom. The van der Waals surface area contributed by atoms with Gasteiger partial charge in [-0.15, -0.1) is 0 Å². The summed E-state index contributed by atoms with van der Waals surface area (Å²) in [6, 6.07) is 0. The Morgan fingerprint density at radius 2 is 1.47 bits per heavy atom. The van der Waals surface area contributed by atoms with Gasteiger partial charge in [0.15, 0.2) is 5.75 Å². The highest BCUT2D eigenvalue weighted by Gasteiger charge is 2.24. The molecule has 0 radical (unpaired) electrons. The fourth-order valence-electron chi connectivity index (χ4n) is 1.56. The van der Waals surface area contributed by atoms with Gasteiger partial charge in [0, 0.05) is 7.05 Å². The lowest BCUT2D eigenvalue weighted by Gasteiger charge is -2.08. The zero-order valence-electron chi connectivity index (χ0n) is 10.3. The van der Waals surface area contributed by atoms with E-state index in [0.29, 0.717) is 11.4 Å². The zero-order valence-corrected chi connectivity index (χ0v) is 10.3. The third-order valence-corrected chi connectivity index (χ3v) is 2.60. The van der Waals surface area contributed by atoms with Crippen LogP contribution >= 0.6 is 0 Å². The highest BCUT2D eigenvalue weighted by molar-refractivity contribution is 5.38. The smallest absolute Gasteiger partial charge is 0.255 e. The number of aryl methyl sites for hydroxylation is 2. The molecule has 0 saturated heterocycles. The van der Waals surface area contributed by atoms with Gasteiger partial charge in [-0.1, -0.05) is 0 Å². The molecule has 4 nitrogen and oxygen atoms in total. The summed E-state index contributed by atoms with van der Waals surface area (Å²) in [6.45, 7) is 3.12. The minimum absolute atomic E-state index is 0.0327. The normalized spacial score (nSPS) is 10.9. The van der Waals surface area contributed by atoms with Gasteiger partial charge in [0.25, 0.3) is 11.9 Å². The van der Waals surface area contributed by atoms with E-state index >= 15 is 0 Å². The molecule has 0 amide bonds. The van der Waals surface area contributed by atoms with Crippen LogP contribution < -0.4 is 4.74 Å². The minimum atomic E-state index is -1.77. The third-order valence-electron chi connectivity index (χ3n) is 2.60. The molecular formula is C11H9F4N3O. The first-order valence-corrected chi connectivity index (χ1v) is 5.21. The lowest BCUT2D eigenvalue weighted by atomic mass is 10.3. The molecule has 102 valence electrons. The average Bonchev–Trinajstić information content (AvgIpc) is 2.58. The van der Waals surface area contributed by atoms with Crippen molar-refractivity contribution in [3.8, 4) is 11.5 Å². The Kier molecular flexibility index (Phi) is 3.17. The van der Waals surface area contributed by atoms with Crippen LogP contribution in [0.15, 0.2) is 0 Å². The second-order valence-electron chi connectivity index (χ2n) is 3.88. The molecule has 8 heteroatoms. The van der Waals surface area contributed by atoms with Crippen LogP contribution in [0, 0.1) is 37.4 Å². The van der Waals surface area contributed by atoms with Crippen LogP contribution in [-0.4, -0.2) is 14.8 Å². The molecule has 0 atom stereocenters. The first-order valence-electron chi connectivity index (χ1n) is 5.21. The van der Waals surface area contributed by atoms with Crippen molar-refractivity contribution < 1.29 is 22.3 Å². The largest absolute Gasteiger partial charge is 0.447 e. The molecule has 0 fully saturated rings. The molecule has 0 aromatic carbocycles. The van der Waals surface area contributed by atoms with Crippen molar-refractivity contribution in [1.29, 1.82) is 0 Å². The van der Waals surface area contributed by atoms with Gasteiger partial charge in [-0.3, -0.25) is 4.68 Å². The Balaban J connectivity index is 2.55. The molecule has 19 heavy (non-hydrogen) atoms. The summed E-state index contributed by atoms with van der Waals surface area (Å²) >= 11 is 0. The Labute approximate surface area is 105 Å². The molecule has 2 aromatic rings. The zero-order chi connectivity index (χ0) is 14.3. The van der Waals surface area contributed by atoms with Gasteiger partial charge in [-0.05, 0) is 13.8 Å². The highest BCUT2D eigenvalue weighted by Crippen LogP contribution is 2.32. The van der Waals surface area contributed by atoms with Crippen LogP contribution in [-0.2, 0) is 7.05 Å². The van der Waals surface area contributed by atoms with Crippen LogP contribution in [0.1, 0.15) is 11.4 Å². The van der Waals surface area contributed by atoms with E-state index in [1.165, 1.54) is 11.6 Å². The molecule has 0 bridgehead atoms. The van der Waals surface area contributed by atoms with E-state index in [9.17, 15) is 17.6 Å². The van der Waals surface area contributed by atoms with Crippen molar-refractivity contribution in [2.24, 2.45) is 7.05 Å². The van der Waals surface area contributed by atoms with Crippen molar-refractivity contribution in [3.63, 3.8) is 0 Å². The fraction of sp³-hybridized carbons (Fsp3) is 0.273. The first kappa shape index (κ1) is 13.3. The van der Waals surface area contributed by atoms with Crippen LogP contribution in [0.4, 0.5) is 17.6 Å². The van der Waals surface area contributed by atoms with Gasteiger partial charge in [0.2, 0.25) is 17.4 Å². The number of aromatic nitrogens is 3. The van der Waals surface area contributed by atoms with E-state index in [1.54, 1.807) is 14.0 Å². The molecule has 2 aromatic heterocycles. The maximum absolute atomic E-state index is 13.4. The minimum Gasteiger partial charge on any atom is -0.447 e. The predicted octanol–water partition coefficient (Wildman–Crippen LogP) is 2.78. The number of ether oxygens (including phenoxy) is 1. The standard InChI is InChI=1S/C11H9F4N3O/c1-4-8(5(2)18(3)17-4)19-9-6(12)10(14)16-11(15)7(9)13/h1-3H3. The molecular weight excluding hydrogens is 266 g/mol. The summed E-state index contributed by atoms with van der Waals surface area (Å²) in [7, 11) is 1.59. The van der Waals surface area contributed by atoms with Crippen molar-refractivity contribution in [1.82, 2.24) is 14.8 Å². The lowest BCUT2D eigenvalue weighted by Crippen LogP contribution is -2.04. The van der Waals surface area contributed by atoms with Crippen LogP contribution in [0.3, 0.4) is 0 Å². The van der Waals surface area contributed by atoms with Crippen LogP contribution in [0.5, 0.6) is 11.5 Å². The number of nitrogens with zero attached hydrogens (tertiary/aromatic N) is 3. The number of halogens is 4. The van der Waals surface area contributed by atoms with Gasteiger partial charge in [0.1, 0.15) is 5.69 Å². The molecule has 0 aliphatic heterocycles. The molecule has 0 N–H and O–H groups in total. The Bertz CT molecular complexity index is 628. The van der Waals surface area contributed by atoms with Crippen LogP contribution in [0.2, 0.25) is 0 Å². The van der Waals surface area contributed by atoms with Crippen LogP contribution in [0.25, 0.3) is 0 Å². The average molecular weight is 275 g/mol. The van der Waals surface area contributed by atoms with Gasteiger partial charge in [-0.2, -0.15) is 27.6 Å². The molecule has 0 saturated carbocycles. The fourth-order valence-corrected chi connectivity index (χ4v) is 1.56. The summed E-state index contributed by atoms with van der Waals surface area (Å²) in [6.07, 6.45) is 0. The predicted molar refractivity (Wildman–Crippen MR) is 56.8 cm³/mol. The van der Waals surface area contributed by atoms with Crippen molar-refractivity contribution >= 4 is 0 Å². The summed E-state index contributed by atoms with van der Waals surface area (Å²) in [4.78, 5) is 2.44. The van der Waals surface area contributed by atoms with E-state index in [1.807, 2.05) is 0 Å². The lowest BCUT2D eigenvalue weighted by molar-refractivity contribution is 0.341. The van der Waals surface area contributed by atoms with E-state index < -0.39 is 29.3 Å². The van der Waals surface area contributed by atoms with Gasteiger partial charge in [0.05, 0.1) is 5.69 Å². The van der Waals surface area contributed by atoms with E-state index in [4.69, 9.17) is 4.74 Å². The second kappa shape index (κ2) is 4.52. The number of pyridine rings is 1. The Morgan fingerprint density at radius 3 is 1.89 bits per heavy atom. The monoisotopic (exact) mass is 275 g/mol. The summed E-state index contributed by atoms with van der Waals surface area (Å²) in [5.41, 5.74) is 0.783. The van der Waals surface area contributed by atoms with Crippen molar-refractivity contribution in [2.45, 2.75) is 13.8 Å². The molecule has 0 aliphatic rings. The molecule has 2 rings (SSSR count). The molecule has 0 aliphatic carbocycles. The second-order valence-corrected chi connectivity index (χ2v) is 3.88. The molecule has 0 spiro atoms. The number of rotatable bonds is 2. The molecule has 0 unspecified atom stereocenters. The summed E-state index contributed by atoms with van der Waals surface area (Å²) in [5.74, 6) is -8.07. The quantitative estimate of drug-likeness (QED) is 0.625. The topological polar surface area (TPSA) is 39.9 Å². The Hall–Kier alpha value is -2.12. The van der Waals surface area contributed by atoms with Gasteiger partial charge < -0.3 is 4.74 Å². The van der Waals surface area contributed by atoms with E-state index in [2.05, 4.69) is 10.1 Å². The number of hydrogen-bond donors (Lipinski definition) is 0. The van der Waals surface area contributed by atoms with E-state index in [0.717, 1.165) is 0 Å². The SMILES string of the molecule is Cc1nn(C)c(C)c1Oc1c(F)c(F)nc(F)c1F. The van der Waals surface area contributed by atoms with Gasteiger partial charge >= 0.3 is 0 Å². The van der Waals surface area contributed by atoms with Crippen molar-refractivity contribution in [2.75, 3.05) is 0 Å². The van der Waals surface area contributed by atoms with E-state index in [-0.39, 0.29) is 5.75 Å². The summed E-state index contributed by atoms with van der Waals surface area (Å²) < 4.78 is 59.0. The van der Waals surface area contributed by atoms with Crippen molar-refractivity contribution in [3.05, 3.63) is 34.9 Å². The summed E-state index contributed by atoms with van der Waals surface area (Å²) in [5, 5.41) is 3.95. The number of hydrogen-bond acceptors (Lipinski definition) is 3. The first-order chi connectivity index (χ1) is 8.82. The maximum atomic E-state index is 13.4. The maximum Gasteiger partial charge on any atom is 0.255 e.